The van der Waals surface area contributed by atoms with Crippen LogP contribution in [0.15, 0.2) is 42.5 Å². The maximum Gasteiger partial charge on any atom is 0.251 e. The summed E-state index contributed by atoms with van der Waals surface area (Å²) in [6, 6.07) is 11.6. The molecule has 2 amide bonds. The normalized spacial score (nSPS) is 10.3. The minimum absolute atomic E-state index is 0.114. The highest BCUT2D eigenvalue weighted by molar-refractivity contribution is 5.95. The van der Waals surface area contributed by atoms with Gasteiger partial charge in [-0.2, -0.15) is 0 Å². The van der Waals surface area contributed by atoms with E-state index in [1.54, 1.807) is 24.3 Å². The van der Waals surface area contributed by atoms with Gasteiger partial charge in [0.05, 0.1) is 6.54 Å². The molecule has 138 valence electrons. The summed E-state index contributed by atoms with van der Waals surface area (Å²) in [5.74, 6) is -0.554. The van der Waals surface area contributed by atoms with Gasteiger partial charge in [-0.3, -0.25) is 9.59 Å². The molecule has 2 aromatic rings. The number of rotatable bonds is 8. The lowest BCUT2D eigenvalue weighted by molar-refractivity contribution is -0.119. The van der Waals surface area contributed by atoms with Crippen LogP contribution in [0.2, 0.25) is 0 Å². The summed E-state index contributed by atoms with van der Waals surface area (Å²) in [5.41, 5.74) is 3.22. The SMILES string of the molecule is CCNC(=O)c1ccc(C)c(NCC(=O)NCCc2ccc(F)cc2)c1. The second-order valence-electron chi connectivity index (χ2n) is 5.97. The molecule has 5 nitrogen and oxygen atoms in total. The van der Waals surface area contributed by atoms with Crippen molar-refractivity contribution in [3.8, 4) is 0 Å². The van der Waals surface area contributed by atoms with Gasteiger partial charge in [0.25, 0.3) is 5.91 Å². The van der Waals surface area contributed by atoms with Gasteiger partial charge in [0.1, 0.15) is 5.82 Å². The Kier molecular flexibility index (Phi) is 7.14. The van der Waals surface area contributed by atoms with Gasteiger partial charge >= 0.3 is 0 Å². The Morgan fingerprint density at radius 1 is 1.04 bits per heavy atom. The highest BCUT2D eigenvalue weighted by atomic mass is 19.1. The third-order valence-electron chi connectivity index (χ3n) is 3.93. The minimum Gasteiger partial charge on any atom is -0.376 e. The third kappa shape index (κ3) is 5.88. The lowest BCUT2D eigenvalue weighted by atomic mass is 10.1. The summed E-state index contributed by atoms with van der Waals surface area (Å²) in [4.78, 5) is 23.9. The van der Waals surface area contributed by atoms with E-state index >= 15 is 0 Å². The molecule has 0 radical (unpaired) electrons. The van der Waals surface area contributed by atoms with Gasteiger partial charge in [0.15, 0.2) is 0 Å². The van der Waals surface area contributed by atoms with Crippen molar-refractivity contribution in [3.05, 3.63) is 65.0 Å². The van der Waals surface area contributed by atoms with Crippen LogP contribution in [0, 0.1) is 12.7 Å². The molecule has 0 atom stereocenters. The number of nitrogens with one attached hydrogen (secondary N) is 3. The zero-order chi connectivity index (χ0) is 18.9. The number of benzene rings is 2. The molecule has 26 heavy (non-hydrogen) atoms. The van der Waals surface area contributed by atoms with Gasteiger partial charge in [-0.15, -0.1) is 0 Å². The summed E-state index contributed by atoms with van der Waals surface area (Å²) >= 11 is 0. The Balaban J connectivity index is 1.82. The first-order valence-corrected chi connectivity index (χ1v) is 8.63. The van der Waals surface area contributed by atoms with Crippen LogP contribution in [-0.4, -0.2) is 31.4 Å². The Morgan fingerprint density at radius 3 is 2.46 bits per heavy atom. The molecule has 0 heterocycles. The number of carbonyl (C=O) groups excluding carboxylic acids is 2. The summed E-state index contributed by atoms with van der Waals surface area (Å²) in [6.45, 7) is 4.93. The highest BCUT2D eigenvalue weighted by Crippen LogP contribution is 2.16. The van der Waals surface area contributed by atoms with Crippen LogP contribution in [0.25, 0.3) is 0 Å². The fourth-order valence-corrected chi connectivity index (χ4v) is 2.45. The second kappa shape index (κ2) is 9.56. The first kappa shape index (κ1) is 19.4. The molecule has 0 saturated carbocycles. The second-order valence-corrected chi connectivity index (χ2v) is 5.97. The molecule has 6 heteroatoms. The summed E-state index contributed by atoms with van der Waals surface area (Å²) in [5, 5.41) is 8.63. The van der Waals surface area contributed by atoms with Crippen LogP contribution >= 0.6 is 0 Å². The van der Waals surface area contributed by atoms with Crippen molar-refractivity contribution in [2.45, 2.75) is 20.3 Å². The average Bonchev–Trinajstić information content (AvgIpc) is 2.63. The van der Waals surface area contributed by atoms with E-state index in [1.165, 1.54) is 12.1 Å². The first-order chi connectivity index (χ1) is 12.5. The van der Waals surface area contributed by atoms with Crippen molar-refractivity contribution >= 4 is 17.5 Å². The maximum atomic E-state index is 12.8. The van der Waals surface area contributed by atoms with E-state index in [0.29, 0.717) is 25.1 Å². The van der Waals surface area contributed by atoms with E-state index in [4.69, 9.17) is 0 Å². The van der Waals surface area contributed by atoms with Crippen molar-refractivity contribution in [2.24, 2.45) is 0 Å². The van der Waals surface area contributed by atoms with Gasteiger partial charge in [0, 0.05) is 24.3 Å². The van der Waals surface area contributed by atoms with E-state index in [-0.39, 0.29) is 24.2 Å². The Labute approximate surface area is 153 Å². The number of anilines is 1. The van der Waals surface area contributed by atoms with E-state index in [1.807, 2.05) is 19.9 Å². The number of halogens is 1. The smallest absolute Gasteiger partial charge is 0.251 e. The van der Waals surface area contributed by atoms with Crippen molar-refractivity contribution < 1.29 is 14.0 Å². The number of aryl methyl sites for hydroxylation is 1. The quantitative estimate of drug-likeness (QED) is 0.680. The van der Waals surface area contributed by atoms with Gasteiger partial charge in [-0.05, 0) is 55.7 Å². The third-order valence-corrected chi connectivity index (χ3v) is 3.93. The van der Waals surface area contributed by atoms with E-state index in [0.717, 1.165) is 16.8 Å². The van der Waals surface area contributed by atoms with Crippen LogP contribution in [0.5, 0.6) is 0 Å². The lowest BCUT2D eigenvalue weighted by Gasteiger charge is -2.12. The fraction of sp³-hybridized carbons (Fsp3) is 0.300. The van der Waals surface area contributed by atoms with Crippen molar-refractivity contribution in [1.82, 2.24) is 10.6 Å². The largest absolute Gasteiger partial charge is 0.376 e. The topological polar surface area (TPSA) is 70.2 Å². The summed E-state index contributed by atoms with van der Waals surface area (Å²) < 4.78 is 12.8. The number of amides is 2. The number of hydrogen-bond acceptors (Lipinski definition) is 3. The van der Waals surface area contributed by atoms with E-state index in [9.17, 15) is 14.0 Å². The zero-order valence-corrected chi connectivity index (χ0v) is 15.1. The van der Waals surface area contributed by atoms with E-state index in [2.05, 4.69) is 16.0 Å². The first-order valence-electron chi connectivity index (χ1n) is 8.63. The van der Waals surface area contributed by atoms with Crippen LogP contribution in [0.4, 0.5) is 10.1 Å². The molecule has 0 fully saturated rings. The maximum absolute atomic E-state index is 12.8. The van der Waals surface area contributed by atoms with Gasteiger partial charge in [-0.25, -0.2) is 4.39 Å². The van der Waals surface area contributed by atoms with Crippen LogP contribution in [0.3, 0.4) is 0 Å². The van der Waals surface area contributed by atoms with Crippen LogP contribution in [0.1, 0.15) is 28.4 Å². The van der Waals surface area contributed by atoms with Crippen molar-refractivity contribution in [2.75, 3.05) is 25.0 Å². The van der Waals surface area contributed by atoms with Crippen LogP contribution in [-0.2, 0) is 11.2 Å². The van der Waals surface area contributed by atoms with Crippen molar-refractivity contribution in [1.29, 1.82) is 0 Å². The number of carbonyl (C=O) groups is 2. The molecular formula is C20H24FN3O2. The Bertz CT molecular complexity index is 760. The molecule has 0 bridgehead atoms. The average molecular weight is 357 g/mol. The lowest BCUT2D eigenvalue weighted by Crippen LogP contribution is -2.31. The molecule has 2 rings (SSSR count). The summed E-state index contributed by atoms with van der Waals surface area (Å²) in [7, 11) is 0. The molecule has 0 aliphatic heterocycles. The molecule has 3 N–H and O–H groups in total. The Morgan fingerprint density at radius 2 is 1.77 bits per heavy atom. The molecule has 0 aliphatic carbocycles. The zero-order valence-electron chi connectivity index (χ0n) is 15.1. The predicted octanol–water partition coefficient (Wildman–Crippen LogP) is 2.65. The van der Waals surface area contributed by atoms with Gasteiger partial charge < -0.3 is 16.0 Å². The van der Waals surface area contributed by atoms with E-state index < -0.39 is 0 Å². The highest BCUT2D eigenvalue weighted by Gasteiger charge is 2.08. The molecule has 0 saturated heterocycles. The van der Waals surface area contributed by atoms with Crippen molar-refractivity contribution in [3.63, 3.8) is 0 Å². The molecule has 0 unspecified atom stereocenters. The number of hydrogen-bond donors (Lipinski definition) is 3. The summed E-state index contributed by atoms with van der Waals surface area (Å²) in [6.07, 6.45) is 0.637. The standard InChI is InChI=1S/C20H24FN3O2/c1-3-22-20(26)16-7-4-14(2)18(12-16)24-13-19(25)23-11-10-15-5-8-17(21)9-6-15/h4-9,12,24H,3,10-11,13H2,1-2H3,(H,22,26)(H,23,25). The fourth-order valence-electron chi connectivity index (χ4n) is 2.45. The monoisotopic (exact) mass is 357 g/mol. The molecule has 0 spiro atoms. The van der Waals surface area contributed by atoms with Gasteiger partial charge in [0.2, 0.25) is 5.91 Å². The van der Waals surface area contributed by atoms with Crippen LogP contribution < -0.4 is 16.0 Å². The molecular weight excluding hydrogens is 333 g/mol. The molecule has 0 aromatic heterocycles. The van der Waals surface area contributed by atoms with Gasteiger partial charge in [-0.1, -0.05) is 18.2 Å². The molecule has 0 aliphatic rings. The minimum atomic E-state index is -0.271. The Hall–Kier alpha value is -2.89. The molecule has 2 aromatic carbocycles. The predicted molar refractivity (Wildman–Crippen MR) is 101 cm³/mol.